The zero-order valence-corrected chi connectivity index (χ0v) is 3.44. The normalized spacial score (nSPS) is 23.3. The third kappa shape index (κ3) is 0.336. The van der Waals surface area contributed by atoms with Gasteiger partial charge in [-0.05, 0) is 0 Å². The molecule has 0 aliphatic carbocycles. The maximum atomic E-state index is 9.69. The van der Waals surface area contributed by atoms with Crippen LogP contribution in [0.25, 0.3) is 0 Å². The highest BCUT2D eigenvalue weighted by Gasteiger charge is 2.06. The first-order valence-electron chi connectivity index (χ1n) is 1.15. The van der Waals surface area contributed by atoms with E-state index in [1.54, 1.807) is 0 Å². The van der Waals surface area contributed by atoms with Gasteiger partial charge >= 0.3 is 10.2 Å². The van der Waals surface area contributed by atoms with Crippen molar-refractivity contribution >= 4 is 16.2 Å². The molecule has 0 aromatic heterocycles. The molecule has 5 heteroatoms. The van der Waals surface area contributed by atoms with E-state index in [1.165, 1.54) is 0 Å². The number of nitrogens with zero attached hydrogens (tertiary/aromatic N) is 2. The Kier molecular flexibility index (Phi) is 0.406. The van der Waals surface area contributed by atoms with Crippen LogP contribution in [-0.2, 0) is 10.2 Å². The van der Waals surface area contributed by atoms with E-state index in [2.05, 4.69) is 8.80 Å². The predicted molar refractivity (Wildman–Crippen MR) is 18.8 cm³/mol. The maximum Gasteiger partial charge on any atom is 0.381 e. The second-order valence-corrected chi connectivity index (χ2v) is 1.99. The summed E-state index contributed by atoms with van der Waals surface area (Å²) >= 11 is 0. The zero-order chi connectivity index (χ0) is 4.62. The first-order chi connectivity index (χ1) is 2.71. The van der Waals surface area contributed by atoms with Crippen LogP contribution in [0.4, 0.5) is 0 Å². The van der Waals surface area contributed by atoms with Gasteiger partial charge in [0.25, 0.3) is 0 Å². The Hall–Kier alpha value is -0.670. The van der Waals surface area contributed by atoms with Crippen LogP contribution in [-0.4, -0.2) is 14.4 Å². The van der Waals surface area contributed by atoms with Gasteiger partial charge in [-0.2, -0.15) is 8.42 Å². The van der Waals surface area contributed by atoms with Crippen molar-refractivity contribution in [3.8, 4) is 0 Å². The molecule has 0 amide bonds. The Labute approximate surface area is 34.4 Å². The summed E-state index contributed by atoms with van der Waals surface area (Å²) in [5, 5.41) is 0. The van der Waals surface area contributed by atoms with Gasteiger partial charge in [-0.1, -0.05) is 8.80 Å². The van der Waals surface area contributed by atoms with Crippen LogP contribution in [0.3, 0.4) is 0 Å². The largest absolute Gasteiger partial charge is 0.381 e. The minimum absolute atomic E-state index is 1.86. The standard InChI is InChI=1S/CN2O2S/c4-6(5)2-1-3-6. The van der Waals surface area contributed by atoms with Crippen LogP contribution in [0, 0.1) is 0 Å². The first kappa shape index (κ1) is 3.52. The van der Waals surface area contributed by atoms with Crippen molar-refractivity contribution in [1.29, 1.82) is 0 Å². The number of rotatable bonds is 0. The van der Waals surface area contributed by atoms with Gasteiger partial charge in [0, 0.05) is 0 Å². The van der Waals surface area contributed by atoms with Gasteiger partial charge in [0.15, 0.2) is 0 Å². The third-order valence-electron chi connectivity index (χ3n) is 0.312. The third-order valence-corrected chi connectivity index (χ3v) is 0.937. The molecule has 0 aromatic carbocycles. The molecule has 32 valence electrons. The summed E-state index contributed by atoms with van der Waals surface area (Å²) in [5.74, 6) is 0. The lowest BCUT2D eigenvalue weighted by Gasteiger charge is -1.83. The topological polar surface area (TPSA) is 58.9 Å². The zero-order valence-electron chi connectivity index (χ0n) is 2.62. The molecule has 1 heterocycles. The average molecular weight is 104 g/mol. The highest BCUT2D eigenvalue weighted by molar-refractivity contribution is 7.90. The average Bonchev–Trinajstić information content (AvgIpc) is 1.32. The molecule has 0 saturated heterocycles. The molecule has 1 rings (SSSR count). The van der Waals surface area contributed by atoms with E-state index < -0.39 is 10.2 Å². The molecule has 0 N–H and O–H groups in total. The van der Waals surface area contributed by atoms with Gasteiger partial charge < -0.3 is 0 Å². The van der Waals surface area contributed by atoms with E-state index in [-0.39, 0.29) is 0 Å². The lowest BCUT2D eigenvalue weighted by Crippen LogP contribution is -1.94. The fraction of sp³-hybridized carbons (Fsp3) is 0. The molecule has 0 radical (unpaired) electrons. The summed E-state index contributed by atoms with van der Waals surface area (Å²) in [6, 6.07) is 1.86. The van der Waals surface area contributed by atoms with Crippen molar-refractivity contribution in [2.75, 3.05) is 0 Å². The molecule has 1 aliphatic heterocycles. The van der Waals surface area contributed by atoms with E-state index in [1.807, 2.05) is 6.01 Å². The maximum absolute atomic E-state index is 9.69. The van der Waals surface area contributed by atoms with Crippen molar-refractivity contribution in [3.05, 3.63) is 0 Å². The van der Waals surface area contributed by atoms with Crippen LogP contribution in [0.2, 0.25) is 0 Å². The van der Waals surface area contributed by atoms with Crippen molar-refractivity contribution in [1.82, 2.24) is 0 Å². The SMILES string of the molecule is O=S1(=O)N=C=N1. The molecule has 0 spiro atoms. The van der Waals surface area contributed by atoms with Crippen molar-refractivity contribution in [3.63, 3.8) is 0 Å². The van der Waals surface area contributed by atoms with Gasteiger partial charge in [0.05, 0.1) is 0 Å². The summed E-state index contributed by atoms with van der Waals surface area (Å²) < 4.78 is 24.9. The van der Waals surface area contributed by atoms with E-state index in [4.69, 9.17) is 0 Å². The Morgan fingerprint density at radius 1 is 1.33 bits per heavy atom. The highest BCUT2D eigenvalue weighted by Crippen LogP contribution is 1.95. The molecule has 0 saturated carbocycles. The number of hydrogen-bond donors (Lipinski definition) is 0. The summed E-state index contributed by atoms with van der Waals surface area (Å²) in [6.45, 7) is 0. The quantitative estimate of drug-likeness (QED) is 0.412. The molecule has 0 aromatic rings. The number of hydrogen-bond acceptors (Lipinski definition) is 2. The Bertz CT molecular complexity index is 192. The lowest BCUT2D eigenvalue weighted by molar-refractivity contribution is 0.598. The minimum atomic E-state index is -3.34. The van der Waals surface area contributed by atoms with Gasteiger partial charge in [0.2, 0.25) is 0 Å². The smallest absolute Gasteiger partial charge is 0.178 e. The molecule has 0 fully saturated rings. The van der Waals surface area contributed by atoms with Crippen LogP contribution in [0.5, 0.6) is 0 Å². The van der Waals surface area contributed by atoms with E-state index in [0.717, 1.165) is 0 Å². The fourth-order valence-electron chi connectivity index (χ4n) is 0.107. The molecule has 6 heavy (non-hydrogen) atoms. The van der Waals surface area contributed by atoms with Gasteiger partial charge in [-0.25, -0.2) is 0 Å². The summed E-state index contributed by atoms with van der Waals surface area (Å²) in [4.78, 5) is 0. The summed E-state index contributed by atoms with van der Waals surface area (Å²) in [5.41, 5.74) is 0. The van der Waals surface area contributed by atoms with Crippen LogP contribution in [0.1, 0.15) is 0 Å². The van der Waals surface area contributed by atoms with Gasteiger partial charge in [-0.3, -0.25) is 0 Å². The lowest BCUT2D eigenvalue weighted by atomic mass is 11.6. The fourth-order valence-corrected chi connectivity index (χ4v) is 0.322. The van der Waals surface area contributed by atoms with E-state index in [0.29, 0.717) is 0 Å². The van der Waals surface area contributed by atoms with Gasteiger partial charge in [-0.15, -0.1) is 0 Å². The van der Waals surface area contributed by atoms with Crippen LogP contribution < -0.4 is 0 Å². The van der Waals surface area contributed by atoms with E-state index >= 15 is 0 Å². The Morgan fingerprint density at radius 3 is 1.67 bits per heavy atom. The molecule has 0 atom stereocenters. The molecule has 4 nitrogen and oxygen atoms in total. The minimum Gasteiger partial charge on any atom is -0.178 e. The molecule has 0 unspecified atom stereocenters. The molecular weight excluding hydrogens is 104 g/mol. The summed E-state index contributed by atoms with van der Waals surface area (Å²) in [7, 11) is -3.34. The second-order valence-electron chi connectivity index (χ2n) is 0.730. The highest BCUT2D eigenvalue weighted by atomic mass is 32.2. The van der Waals surface area contributed by atoms with E-state index in [9.17, 15) is 8.42 Å². The van der Waals surface area contributed by atoms with Crippen LogP contribution in [0.15, 0.2) is 8.80 Å². The predicted octanol–water partition coefficient (Wildman–Crippen LogP) is -0.581. The second kappa shape index (κ2) is 0.692. The summed E-state index contributed by atoms with van der Waals surface area (Å²) in [6.07, 6.45) is 0. The van der Waals surface area contributed by atoms with Crippen LogP contribution >= 0.6 is 0 Å². The first-order valence-corrected chi connectivity index (χ1v) is 2.54. The molecule has 1 aliphatic rings. The Morgan fingerprint density at radius 2 is 1.67 bits per heavy atom. The van der Waals surface area contributed by atoms with Crippen molar-refractivity contribution in [2.45, 2.75) is 0 Å². The molecule has 0 bridgehead atoms. The molecular formula is CN2O2S. The van der Waals surface area contributed by atoms with Gasteiger partial charge in [0.1, 0.15) is 6.01 Å². The monoisotopic (exact) mass is 104 g/mol. The van der Waals surface area contributed by atoms with Crippen molar-refractivity contribution < 1.29 is 8.42 Å². The Balaban J connectivity index is 3.32. The van der Waals surface area contributed by atoms with Crippen molar-refractivity contribution in [2.24, 2.45) is 8.80 Å².